The van der Waals surface area contributed by atoms with E-state index in [4.69, 9.17) is 9.47 Å². The summed E-state index contributed by atoms with van der Waals surface area (Å²) in [6, 6.07) is 8.23. The van der Waals surface area contributed by atoms with Gasteiger partial charge < -0.3 is 19.5 Å². The second-order valence-corrected chi connectivity index (χ2v) is 6.47. The average Bonchev–Trinajstić information content (AvgIpc) is 3.27. The lowest BCUT2D eigenvalue weighted by atomic mass is 9.89. The molecule has 0 unspecified atom stereocenters. The van der Waals surface area contributed by atoms with Crippen LogP contribution in [0.15, 0.2) is 36.4 Å². The van der Waals surface area contributed by atoms with Crippen LogP contribution in [-0.2, 0) is 4.79 Å². The van der Waals surface area contributed by atoms with Gasteiger partial charge in [-0.2, -0.15) is 0 Å². The summed E-state index contributed by atoms with van der Waals surface area (Å²) in [4.78, 5) is 25.5. The van der Waals surface area contributed by atoms with E-state index in [2.05, 4.69) is 0 Å². The van der Waals surface area contributed by atoms with E-state index < -0.39 is 40.9 Å². The van der Waals surface area contributed by atoms with Crippen LogP contribution in [0.3, 0.4) is 0 Å². The van der Waals surface area contributed by atoms with E-state index in [9.17, 15) is 23.5 Å². The van der Waals surface area contributed by atoms with Crippen LogP contribution in [0.2, 0.25) is 0 Å². The van der Waals surface area contributed by atoms with Crippen molar-refractivity contribution in [1.82, 2.24) is 4.90 Å². The maximum Gasteiger partial charge on any atom is 0.308 e. The van der Waals surface area contributed by atoms with Gasteiger partial charge in [0.2, 0.25) is 6.79 Å². The van der Waals surface area contributed by atoms with Gasteiger partial charge in [0.05, 0.1) is 5.92 Å². The molecule has 1 N–H and O–H groups in total. The van der Waals surface area contributed by atoms with Crippen molar-refractivity contribution in [3.8, 4) is 11.5 Å². The van der Waals surface area contributed by atoms with Gasteiger partial charge >= 0.3 is 5.97 Å². The lowest BCUT2D eigenvalue weighted by Gasteiger charge is -2.17. The Morgan fingerprint density at radius 1 is 1.04 bits per heavy atom. The highest BCUT2D eigenvalue weighted by Gasteiger charge is 2.42. The molecule has 0 aliphatic carbocycles. The number of carbonyl (C=O) groups excluding carboxylic acids is 1. The first-order valence-electron chi connectivity index (χ1n) is 8.31. The zero-order valence-corrected chi connectivity index (χ0v) is 14.0. The molecule has 0 spiro atoms. The van der Waals surface area contributed by atoms with E-state index in [1.807, 2.05) is 0 Å². The molecule has 2 heterocycles. The number of halogens is 2. The van der Waals surface area contributed by atoms with Gasteiger partial charge in [-0.25, -0.2) is 8.78 Å². The zero-order chi connectivity index (χ0) is 19.1. The fraction of sp³-hybridized carbons (Fsp3) is 0.263. The number of fused-ring (bicyclic) bond motifs is 1. The molecule has 2 aliphatic heterocycles. The fourth-order valence-corrected chi connectivity index (χ4v) is 3.56. The van der Waals surface area contributed by atoms with Crippen molar-refractivity contribution in [3.63, 3.8) is 0 Å². The predicted octanol–water partition coefficient (Wildman–Crippen LogP) is 2.63. The Labute approximate surface area is 152 Å². The summed E-state index contributed by atoms with van der Waals surface area (Å²) < 4.78 is 38.5. The molecule has 2 atom stereocenters. The molecule has 140 valence electrons. The molecule has 6 nitrogen and oxygen atoms in total. The van der Waals surface area contributed by atoms with Crippen LogP contribution in [0.25, 0.3) is 0 Å². The Hall–Kier alpha value is -3.16. The molecule has 1 amide bonds. The quantitative estimate of drug-likeness (QED) is 0.893. The van der Waals surface area contributed by atoms with E-state index in [0.29, 0.717) is 17.1 Å². The summed E-state index contributed by atoms with van der Waals surface area (Å²) >= 11 is 0. The number of carboxylic acids is 1. The monoisotopic (exact) mass is 375 g/mol. The Kier molecular flexibility index (Phi) is 4.18. The van der Waals surface area contributed by atoms with Crippen molar-refractivity contribution in [2.45, 2.75) is 5.92 Å². The lowest BCUT2D eigenvalue weighted by molar-refractivity contribution is -0.141. The van der Waals surface area contributed by atoms with E-state index in [1.165, 1.54) is 11.0 Å². The lowest BCUT2D eigenvalue weighted by Crippen LogP contribution is -2.31. The second kappa shape index (κ2) is 6.53. The molecule has 0 aromatic heterocycles. The minimum Gasteiger partial charge on any atom is -0.481 e. The molecule has 2 aliphatic rings. The smallest absolute Gasteiger partial charge is 0.308 e. The molecule has 27 heavy (non-hydrogen) atoms. The van der Waals surface area contributed by atoms with Crippen molar-refractivity contribution in [3.05, 3.63) is 59.2 Å². The van der Waals surface area contributed by atoms with Gasteiger partial charge in [-0.3, -0.25) is 9.59 Å². The Morgan fingerprint density at radius 3 is 2.44 bits per heavy atom. The van der Waals surface area contributed by atoms with Crippen LogP contribution in [-0.4, -0.2) is 41.8 Å². The highest BCUT2D eigenvalue weighted by Crippen LogP contribution is 2.39. The van der Waals surface area contributed by atoms with Crippen LogP contribution < -0.4 is 9.47 Å². The van der Waals surface area contributed by atoms with Gasteiger partial charge in [0.15, 0.2) is 11.5 Å². The summed E-state index contributed by atoms with van der Waals surface area (Å²) in [5.41, 5.74) is -0.0102. The third-order valence-electron chi connectivity index (χ3n) is 4.93. The van der Waals surface area contributed by atoms with Gasteiger partial charge in [0.25, 0.3) is 5.91 Å². The van der Waals surface area contributed by atoms with Gasteiger partial charge in [-0.15, -0.1) is 0 Å². The van der Waals surface area contributed by atoms with Gasteiger partial charge in [0.1, 0.15) is 17.2 Å². The third-order valence-corrected chi connectivity index (χ3v) is 4.93. The summed E-state index contributed by atoms with van der Waals surface area (Å²) in [5, 5.41) is 9.58. The number of carbonyl (C=O) groups is 2. The van der Waals surface area contributed by atoms with E-state index in [1.54, 1.807) is 18.2 Å². The Balaban J connectivity index is 1.64. The minimum atomic E-state index is -1.08. The van der Waals surface area contributed by atoms with Crippen LogP contribution in [0.4, 0.5) is 8.78 Å². The highest BCUT2D eigenvalue weighted by atomic mass is 19.1. The van der Waals surface area contributed by atoms with Crippen LogP contribution in [0.5, 0.6) is 11.5 Å². The molecule has 1 saturated heterocycles. The van der Waals surface area contributed by atoms with Gasteiger partial charge in [-0.1, -0.05) is 12.1 Å². The second-order valence-electron chi connectivity index (χ2n) is 6.47. The van der Waals surface area contributed by atoms with Crippen LogP contribution in [0, 0.1) is 17.6 Å². The normalized spacial score (nSPS) is 20.7. The highest BCUT2D eigenvalue weighted by molar-refractivity contribution is 5.95. The predicted molar refractivity (Wildman–Crippen MR) is 88.7 cm³/mol. The maximum atomic E-state index is 13.9. The average molecular weight is 375 g/mol. The molecule has 1 fully saturated rings. The minimum absolute atomic E-state index is 0.0310. The standard InChI is InChI=1S/C19H15F2NO5/c20-13-2-1-3-14(21)17(13)18(23)22-7-11(12(8-22)19(24)25)10-4-5-15-16(6-10)27-9-26-15/h1-6,11-12H,7-9H2,(H,24,25)/t11-,12+/m1/s1. The number of benzene rings is 2. The first-order chi connectivity index (χ1) is 13.0. The first-order valence-corrected chi connectivity index (χ1v) is 8.31. The molecular weight excluding hydrogens is 360 g/mol. The van der Waals surface area contributed by atoms with E-state index in [0.717, 1.165) is 12.1 Å². The summed E-state index contributed by atoms with van der Waals surface area (Å²) in [7, 11) is 0. The number of likely N-dealkylation sites (tertiary alicyclic amines) is 1. The van der Waals surface area contributed by atoms with E-state index in [-0.39, 0.29) is 19.9 Å². The van der Waals surface area contributed by atoms with Crippen LogP contribution in [0.1, 0.15) is 21.8 Å². The van der Waals surface area contributed by atoms with Crippen molar-refractivity contribution in [1.29, 1.82) is 0 Å². The van der Waals surface area contributed by atoms with Crippen molar-refractivity contribution >= 4 is 11.9 Å². The van der Waals surface area contributed by atoms with Crippen molar-refractivity contribution < 1.29 is 33.0 Å². The van der Waals surface area contributed by atoms with Crippen molar-refractivity contribution in [2.24, 2.45) is 5.92 Å². The zero-order valence-electron chi connectivity index (χ0n) is 14.0. The number of amides is 1. The summed E-state index contributed by atoms with van der Waals surface area (Å²) in [6.07, 6.45) is 0. The van der Waals surface area contributed by atoms with E-state index >= 15 is 0 Å². The topological polar surface area (TPSA) is 76.1 Å². The van der Waals surface area contributed by atoms with Gasteiger partial charge in [0, 0.05) is 19.0 Å². The number of rotatable bonds is 3. The number of nitrogens with zero attached hydrogens (tertiary/aromatic N) is 1. The number of hydrogen-bond acceptors (Lipinski definition) is 4. The van der Waals surface area contributed by atoms with Crippen molar-refractivity contribution in [2.75, 3.05) is 19.9 Å². The molecule has 0 bridgehead atoms. The Morgan fingerprint density at radius 2 is 1.74 bits per heavy atom. The fourth-order valence-electron chi connectivity index (χ4n) is 3.56. The number of carboxylic acid groups (broad SMARTS) is 1. The largest absolute Gasteiger partial charge is 0.481 e. The Bertz CT molecular complexity index is 912. The number of hydrogen-bond donors (Lipinski definition) is 1. The maximum absolute atomic E-state index is 13.9. The molecule has 0 saturated carbocycles. The van der Waals surface area contributed by atoms with Gasteiger partial charge in [-0.05, 0) is 29.8 Å². The van der Waals surface area contributed by atoms with Crippen LogP contribution >= 0.6 is 0 Å². The first kappa shape index (κ1) is 17.3. The molecule has 8 heteroatoms. The molecule has 0 radical (unpaired) electrons. The molecule has 2 aromatic carbocycles. The number of ether oxygens (including phenoxy) is 2. The molecular formula is C19H15F2NO5. The summed E-state index contributed by atoms with van der Waals surface area (Å²) in [6.45, 7) is -0.0206. The summed E-state index contributed by atoms with van der Waals surface area (Å²) in [5.74, 6) is -4.26. The number of aliphatic carboxylic acids is 1. The third kappa shape index (κ3) is 2.97. The SMILES string of the molecule is O=C(O)[C@H]1CN(C(=O)c2c(F)cccc2F)C[C@@H]1c1ccc2c(c1)OCO2. The molecule has 4 rings (SSSR count). The molecule has 2 aromatic rings.